The highest BCUT2D eigenvalue weighted by Gasteiger charge is 2.13. The molecule has 0 fully saturated rings. The van der Waals surface area contributed by atoms with Crippen molar-refractivity contribution in [1.29, 1.82) is 0 Å². The summed E-state index contributed by atoms with van der Waals surface area (Å²) in [5.41, 5.74) is 3.20. The molecule has 29 heavy (non-hydrogen) atoms. The molecule has 4 rings (SSSR count). The second kappa shape index (κ2) is 8.27. The summed E-state index contributed by atoms with van der Waals surface area (Å²) in [6.45, 7) is 2.38. The number of halogens is 2. The number of benzene rings is 3. The van der Waals surface area contributed by atoms with Gasteiger partial charge in [0.1, 0.15) is 11.3 Å². The quantitative estimate of drug-likeness (QED) is 0.358. The molecule has 0 unspecified atom stereocenters. The number of carbonyl (C=O) groups excluding carboxylic acids is 1. The topological polar surface area (TPSA) is 64.4 Å². The molecule has 1 amide bonds. The molecule has 0 saturated heterocycles. The second-order valence-electron chi connectivity index (χ2n) is 6.21. The Labute approximate surface area is 180 Å². The molecule has 3 aromatic carbocycles. The van der Waals surface area contributed by atoms with Gasteiger partial charge < -0.3 is 14.5 Å². The van der Waals surface area contributed by atoms with Crippen molar-refractivity contribution in [3.63, 3.8) is 0 Å². The average molecular weight is 472 g/mol. The van der Waals surface area contributed by atoms with Gasteiger partial charge in [0, 0.05) is 15.7 Å². The number of carbonyl (C=O) groups is 1. The number of aromatic nitrogens is 1. The fraction of sp³-hybridized carbons (Fsp3) is 0.0909. The van der Waals surface area contributed by atoms with E-state index in [2.05, 4.69) is 26.2 Å². The summed E-state index contributed by atoms with van der Waals surface area (Å²) in [5, 5.41) is 3.25. The maximum Gasteiger partial charge on any atom is 0.255 e. The van der Waals surface area contributed by atoms with E-state index in [4.69, 9.17) is 20.8 Å². The first-order chi connectivity index (χ1) is 14.0. The van der Waals surface area contributed by atoms with Crippen LogP contribution in [0.2, 0.25) is 5.02 Å². The molecule has 0 aliphatic heterocycles. The maximum atomic E-state index is 12.6. The number of nitrogens with zero attached hydrogens (tertiary/aromatic N) is 1. The number of amides is 1. The summed E-state index contributed by atoms with van der Waals surface area (Å²) in [5.74, 6) is 0.785. The van der Waals surface area contributed by atoms with Crippen LogP contribution in [0.15, 0.2) is 69.6 Å². The van der Waals surface area contributed by atoms with Crippen molar-refractivity contribution in [3.8, 4) is 17.2 Å². The third-order valence-electron chi connectivity index (χ3n) is 4.24. The minimum Gasteiger partial charge on any atom is -0.492 e. The highest BCUT2D eigenvalue weighted by Crippen LogP contribution is 2.31. The lowest BCUT2D eigenvalue weighted by molar-refractivity contribution is 0.102. The molecule has 1 aromatic heterocycles. The van der Waals surface area contributed by atoms with Crippen molar-refractivity contribution < 1.29 is 13.9 Å². The lowest BCUT2D eigenvalue weighted by atomic mass is 10.2. The normalized spacial score (nSPS) is 10.9. The van der Waals surface area contributed by atoms with Crippen molar-refractivity contribution in [3.05, 3.63) is 75.7 Å². The van der Waals surface area contributed by atoms with E-state index in [9.17, 15) is 4.79 Å². The molecule has 0 aliphatic carbocycles. The van der Waals surface area contributed by atoms with Crippen LogP contribution in [0.4, 0.5) is 5.69 Å². The Morgan fingerprint density at radius 2 is 2.00 bits per heavy atom. The smallest absolute Gasteiger partial charge is 0.255 e. The Kier molecular flexibility index (Phi) is 5.56. The van der Waals surface area contributed by atoms with Crippen LogP contribution < -0.4 is 10.1 Å². The molecule has 4 aromatic rings. The Hall–Kier alpha value is -2.83. The van der Waals surface area contributed by atoms with Gasteiger partial charge in [0.05, 0.1) is 17.2 Å². The molecule has 5 nitrogen and oxygen atoms in total. The van der Waals surface area contributed by atoms with Gasteiger partial charge in [-0.3, -0.25) is 4.79 Å². The summed E-state index contributed by atoms with van der Waals surface area (Å²) in [6, 6.07) is 18.0. The number of oxazole rings is 1. The van der Waals surface area contributed by atoms with Gasteiger partial charge in [0.25, 0.3) is 5.91 Å². The van der Waals surface area contributed by atoms with E-state index < -0.39 is 0 Å². The summed E-state index contributed by atoms with van der Waals surface area (Å²) >= 11 is 9.68. The zero-order valence-corrected chi connectivity index (χ0v) is 17.8. The summed E-state index contributed by atoms with van der Waals surface area (Å²) in [6.07, 6.45) is 0. The molecule has 0 atom stereocenters. The Morgan fingerprint density at radius 1 is 1.17 bits per heavy atom. The van der Waals surface area contributed by atoms with E-state index in [1.165, 1.54) is 0 Å². The Balaban J connectivity index is 1.58. The van der Waals surface area contributed by atoms with E-state index in [-0.39, 0.29) is 5.91 Å². The first-order valence-corrected chi connectivity index (χ1v) is 10.1. The molecule has 0 radical (unpaired) electrons. The van der Waals surface area contributed by atoms with Crippen molar-refractivity contribution in [2.45, 2.75) is 6.92 Å². The predicted octanol–water partition coefficient (Wildman–Crippen LogP) is 6.56. The zero-order chi connectivity index (χ0) is 20.4. The summed E-state index contributed by atoms with van der Waals surface area (Å²) in [7, 11) is 0. The van der Waals surface area contributed by atoms with Gasteiger partial charge in [0.15, 0.2) is 5.58 Å². The van der Waals surface area contributed by atoms with Crippen LogP contribution in [-0.2, 0) is 0 Å². The fourth-order valence-electron chi connectivity index (χ4n) is 2.87. The van der Waals surface area contributed by atoms with Gasteiger partial charge in [-0.2, -0.15) is 0 Å². The maximum absolute atomic E-state index is 12.6. The SMILES string of the molecule is CCOc1ccc(C(=O)Nc2ccc3oc(-c4ccccc4Br)nc3c2)cc1Cl. The van der Waals surface area contributed by atoms with Gasteiger partial charge in [-0.15, -0.1) is 0 Å². The molecule has 0 spiro atoms. The third-order valence-corrected chi connectivity index (χ3v) is 5.23. The standard InChI is InChI=1S/C22H16BrClN2O3/c1-2-28-19-9-7-13(11-17(19)24)21(27)25-14-8-10-20-18(12-14)26-22(29-20)15-5-3-4-6-16(15)23/h3-12H,2H2,1H3,(H,25,27). The fourth-order valence-corrected chi connectivity index (χ4v) is 3.56. The monoisotopic (exact) mass is 470 g/mol. The second-order valence-corrected chi connectivity index (χ2v) is 7.48. The third kappa shape index (κ3) is 4.13. The van der Waals surface area contributed by atoms with Gasteiger partial charge in [0.2, 0.25) is 5.89 Å². The minimum atomic E-state index is -0.274. The minimum absolute atomic E-state index is 0.274. The van der Waals surface area contributed by atoms with Gasteiger partial charge in [-0.25, -0.2) is 4.98 Å². The number of fused-ring (bicyclic) bond motifs is 1. The van der Waals surface area contributed by atoms with Gasteiger partial charge in [-0.1, -0.05) is 23.7 Å². The highest BCUT2D eigenvalue weighted by atomic mass is 79.9. The molecule has 1 heterocycles. The van der Waals surface area contributed by atoms with E-state index in [0.717, 1.165) is 10.0 Å². The molecule has 0 aliphatic rings. The van der Waals surface area contributed by atoms with Crippen LogP contribution in [0.1, 0.15) is 17.3 Å². The molecule has 0 saturated carbocycles. The number of nitrogens with one attached hydrogen (secondary N) is 1. The molecule has 146 valence electrons. The first-order valence-electron chi connectivity index (χ1n) is 8.94. The van der Waals surface area contributed by atoms with E-state index >= 15 is 0 Å². The van der Waals surface area contributed by atoms with Gasteiger partial charge >= 0.3 is 0 Å². The molecular formula is C22H16BrClN2O3. The number of ether oxygens (including phenoxy) is 1. The Morgan fingerprint density at radius 3 is 2.76 bits per heavy atom. The van der Waals surface area contributed by atoms with Gasteiger partial charge in [-0.05, 0) is 71.4 Å². The van der Waals surface area contributed by atoms with E-state index in [1.807, 2.05) is 31.2 Å². The first kappa shape index (κ1) is 19.5. The van der Waals surface area contributed by atoms with Crippen LogP contribution in [0.25, 0.3) is 22.6 Å². The molecular weight excluding hydrogens is 456 g/mol. The Bertz CT molecular complexity index is 1210. The number of hydrogen-bond donors (Lipinski definition) is 1. The zero-order valence-electron chi connectivity index (χ0n) is 15.4. The van der Waals surface area contributed by atoms with Crippen molar-refractivity contribution in [2.24, 2.45) is 0 Å². The summed E-state index contributed by atoms with van der Waals surface area (Å²) in [4.78, 5) is 17.1. The molecule has 0 bridgehead atoms. The van der Waals surface area contributed by atoms with E-state index in [1.54, 1.807) is 36.4 Å². The lowest BCUT2D eigenvalue weighted by Gasteiger charge is -2.08. The van der Waals surface area contributed by atoms with Crippen LogP contribution >= 0.6 is 27.5 Å². The number of hydrogen-bond acceptors (Lipinski definition) is 4. The summed E-state index contributed by atoms with van der Waals surface area (Å²) < 4.78 is 12.1. The highest BCUT2D eigenvalue weighted by molar-refractivity contribution is 9.10. The largest absolute Gasteiger partial charge is 0.492 e. The molecule has 1 N–H and O–H groups in total. The predicted molar refractivity (Wildman–Crippen MR) is 118 cm³/mol. The molecule has 7 heteroatoms. The van der Waals surface area contributed by atoms with Crippen molar-refractivity contribution in [2.75, 3.05) is 11.9 Å². The lowest BCUT2D eigenvalue weighted by Crippen LogP contribution is -2.11. The van der Waals surface area contributed by atoms with E-state index in [0.29, 0.717) is 45.6 Å². The van der Waals surface area contributed by atoms with Crippen molar-refractivity contribution >= 4 is 50.2 Å². The van der Waals surface area contributed by atoms with Crippen molar-refractivity contribution in [1.82, 2.24) is 4.98 Å². The number of rotatable bonds is 5. The average Bonchev–Trinajstić information content (AvgIpc) is 3.13. The van der Waals surface area contributed by atoms with Crippen LogP contribution in [0, 0.1) is 0 Å². The number of anilines is 1. The van der Waals surface area contributed by atoms with Crippen LogP contribution in [0.3, 0.4) is 0 Å². The van der Waals surface area contributed by atoms with Crippen LogP contribution in [0.5, 0.6) is 5.75 Å². The van der Waals surface area contributed by atoms with Crippen LogP contribution in [-0.4, -0.2) is 17.5 Å².